The van der Waals surface area contributed by atoms with E-state index in [4.69, 9.17) is 9.15 Å². The lowest BCUT2D eigenvalue weighted by molar-refractivity contribution is 0.199. The van der Waals surface area contributed by atoms with E-state index in [0.29, 0.717) is 23.4 Å². The molecule has 1 atom stereocenters. The van der Waals surface area contributed by atoms with Crippen LogP contribution in [-0.2, 0) is 0 Å². The minimum absolute atomic E-state index is 0.0701. The topological polar surface area (TPSA) is 52.3 Å². The maximum absolute atomic E-state index is 12.0. The van der Waals surface area contributed by atoms with Gasteiger partial charge in [-0.3, -0.25) is 0 Å². The van der Waals surface area contributed by atoms with Gasteiger partial charge in [-0.25, -0.2) is 4.79 Å². The summed E-state index contributed by atoms with van der Waals surface area (Å²) in [6, 6.07) is 5.53. The van der Waals surface area contributed by atoms with Crippen molar-refractivity contribution >= 4 is 10.9 Å². The Hall–Kier alpha value is -1.84. The van der Waals surface area contributed by atoms with Crippen molar-refractivity contribution in [1.29, 1.82) is 0 Å². The molecule has 0 aliphatic carbocycles. The van der Waals surface area contributed by atoms with Crippen molar-refractivity contribution in [3.8, 4) is 6.08 Å². The van der Waals surface area contributed by atoms with Crippen LogP contribution >= 0.6 is 0 Å². The molecule has 0 N–H and O–H groups in total. The Morgan fingerprint density at radius 1 is 1.17 bits per heavy atom. The van der Waals surface area contributed by atoms with E-state index in [1.54, 1.807) is 6.07 Å². The predicted octanol–water partition coefficient (Wildman–Crippen LogP) is 4.73. The number of nitrogens with zero attached hydrogens (tertiary/aromatic N) is 1. The molecule has 0 spiro atoms. The van der Waals surface area contributed by atoms with E-state index < -0.39 is 5.63 Å². The summed E-state index contributed by atoms with van der Waals surface area (Å²) in [7, 11) is 0. The molecule has 23 heavy (non-hydrogen) atoms. The van der Waals surface area contributed by atoms with Gasteiger partial charge in [-0.2, -0.15) is 4.98 Å². The van der Waals surface area contributed by atoms with Gasteiger partial charge in [-0.1, -0.05) is 51.7 Å². The smallest absolute Gasteiger partial charge is 0.397 e. The van der Waals surface area contributed by atoms with E-state index in [0.717, 1.165) is 17.9 Å². The number of hydrogen-bond donors (Lipinski definition) is 0. The molecule has 0 saturated heterocycles. The van der Waals surface area contributed by atoms with Gasteiger partial charge in [0.15, 0.2) is 0 Å². The van der Waals surface area contributed by atoms with E-state index in [-0.39, 0.29) is 6.08 Å². The van der Waals surface area contributed by atoms with E-state index in [2.05, 4.69) is 25.8 Å². The van der Waals surface area contributed by atoms with Crippen LogP contribution in [0, 0.1) is 18.8 Å². The molecule has 1 aromatic carbocycles. The largest absolute Gasteiger partial charge is 0.450 e. The standard InChI is InChI=1S/C19H27NO3/c1-13(2)6-5-7-14(3)10-11-22-19-20-17-9-8-15(4)12-16(17)18(21)23-19/h8-9,12-14H,5-7,10-11H2,1-4H3. The molecule has 0 radical (unpaired) electrons. The fraction of sp³-hybridized carbons (Fsp3) is 0.579. The third kappa shape index (κ3) is 5.38. The summed E-state index contributed by atoms with van der Waals surface area (Å²) < 4.78 is 10.7. The Balaban J connectivity index is 1.87. The molecule has 0 saturated carbocycles. The second kappa shape index (κ2) is 8.14. The van der Waals surface area contributed by atoms with Crippen LogP contribution in [0.25, 0.3) is 10.9 Å². The van der Waals surface area contributed by atoms with Crippen LogP contribution in [0.2, 0.25) is 0 Å². The van der Waals surface area contributed by atoms with Crippen molar-refractivity contribution in [1.82, 2.24) is 4.98 Å². The lowest BCUT2D eigenvalue weighted by atomic mass is 9.98. The van der Waals surface area contributed by atoms with E-state index in [1.807, 2.05) is 19.1 Å². The monoisotopic (exact) mass is 317 g/mol. The van der Waals surface area contributed by atoms with Gasteiger partial charge in [0.2, 0.25) is 0 Å². The molecule has 0 bridgehead atoms. The van der Waals surface area contributed by atoms with Crippen LogP contribution in [0.1, 0.15) is 52.0 Å². The molecule has 2 aromatic rings. The normalized spacial score (nSPS) is 12.7. The third-order valence-corrected chi connectivity index (χ3v) is 4.08. The second-order valence-corrected chi connectivity index (χ2v) is 6.85. The zero-order valence-electron chi connectivity index (χ0n) is 14.6. The summed E-state index contributed by atoms with van der Waals surface area (Å²) in [4.78, 5) is 16.2. The van der Waals surface area contributed by atoms with E-state index >= 15 is 0 Å². The predicted molar refractivity (Wildman–Crippen MR) is 93.0 cm³/mol. The van der Waals surface area contributed by atoms with Gasteiger partial charge >= 0.3 is 11.7 Å². The van der Waals surface area contributed by atoms with Crippen LogP contribution < -0.4 is 10.4 Å². The average Bonchev–Trinajstić information content (AvgIpc) is 2.48. The first-order valence-corrected chi connectivity index (χ1v) is 8.50. The molecule has 0 aliphatic rings. The zero-order valence-corrected chi connectivity index (χ0v) is 14.6. The Morgan fingerprint density at radius 2 is 1.96 bits per heavy atom. The minimum atomic E-state index is -0.390. The fourth-order valence-electron chi connectivity index (χ4n) is 2.59. The van der Waals surface area contributed by atoms with Crippen molar-refractivity contribution in [2.45, 2.75) is 53.4 Å². The number of aromatic nitrogens is 1. The summed E-state index contributed by atoms with van der Waals surface area (Å²) in [6.45, 7) is 9.20. The number of fused-ring (bicyclic) bond motifs is 1. The lowest BCUT2D eigenvalue weighted by Crippen LogP contribution is -2.09. The molecule has 1 unspecified atom stereocenters. The van der Waals surface area contributed by atoms with E-state index in [9.17, 15) is 4.79 Å². The van der Waals surface area contributed by atoms with Crippen molar-refractivity contribution in [2.24, 2.45) is 11.8 Å². The highest BCUT2D eigenvalue weighted by molar-refractivity contribution is 5.77. The fourth-order valence-corrected chi connectivity index (χ4v) is 2.59. The average molecular weight is 317 g/mol. The Morgan fingerprint density at radius 3 is 2.70 bits per heavy atom. The quantitative estimate of drug-likeness (QED) is 0.706. The van der Waals surface area contributed by atoms with Crippen LogP contribution in [0.4, 0.5) is 0 Å². The minimum Gasteiger partial charge on any atom is -0.450 e. The second-order valence-electron chi connectivity index (χ2n) is 6.85. The van der Waals surface area contributed by atoms with E-state index in [1.165, 1.54) is 19.3 Å². The maximum Gasteiger partial charge on any atom is 0.397 e. The lowest BCUT2D eigenvalue weighted by Gasteiger charge is -2.12. The van der Waals surface area contributed by atoms with Gasteiger partial charge in [0, 0.05) is 0 Å². The summed E-state index contributed by atoms with van der Waals surface area (Å²) in [5.41, 5.74) is 1.24. The number of benzene rings is 1. The van der Waals surface area contributed by atoms with Gasteiger partial charge in [-0.05, 0) is 37.3 Å². The molecule has 4 heteroatoms. The van der Waals surface area contributed by atoms with Crippen molar-refractivity contribution in [3.63, 3.8) is 0 Å². The maximum atomic E-state index is 12.0. The van der Waals surface area contributed by atoms with Gasteiger partial charge in [0.25, 0.3) is 0 Å². The van der Waals surface area contributed by atoms with Gasteiger partial charge < -0.3 is 9.15 Å². The zero-order chi connectivity index (χ0) is 16.8. The number of hydrogen-bond acceptors (Lipinski definition) is 4. The SMILES string of the molecule is Cc1ccc2nc(OCCC(C)CCCC(C)C)oc(=O)c2c1. The molecule has 1 aromatic heterocycles. The van der Waals surface area contributed by atoms with Crippen LogP contribution in [-0.4, -0.2) is 11.6 Å². The first kappa shape index (κ1) is 17.5. The molecule has 2 rings (SSSR count). The van der Waals surface area contributed by atoms with Crippen LogP contribution in [0.5, 0.6) is 6.08 Å². The van der Waals surface area contributed by atoms with Crippen molar-refractivity contribution < 1.29 is 9.15 Å². The first-order chi connectivity index (χ1) is 11.0. The molecule has 0 amide bonds. The highest BCUT2D eigenvalue weighted by Crippen LogP contribution is 2.17. The Labute approximate surface area is 137 Å². The summed E-state index contributed by atoms with van der Waals surface area (Å²) >= 11 is 0. The molecule has 126 valence electrons. The summed E-state index contributed by atoms with van der Waals surface area (Å²) in [5, 5.41) is 0.499. The summed E-state index contributed by atoms with van der Waals surface area (Å²) in [6.07, 6.45) is 4.74. The highest BCUT2D eigenvalue weighted by Gasteiger charge is 2.09. The molecule has 0 aliphatic heterocycles. The van der Waals surface area contributed by atoms with Crippen LogP contribution in [0.15, 0.2) is 27.4 Å². The Bertz CT molecular complexity index is 691. The number of aryl methyl sites for hydroxylation is 1. The first-order valence-electron chi connectivity index (χ1n) is 8.50. The molecule has 1 heterocycles. The third-order valence-electron chi connectivity index (χ3n) is 4.08. The molecular weight excluding hydrogens is 290 g/mol. The number of rotatable bonds is 8. The summed E-state index contributed by atoms with van der Waals surface area (Å²) in [5.74, 6) is 1.36. The molecular formula is C19H27NO3. The number of ether oxygens (including phenoxy) is 1. The van der Waals surface area contributed by atoms with Crippen LogP contribution in [0.3, 0.4) is 0 Å². The Kier molecular flexibility index (Phi) is 6.20. The molecule has 0 fully saturated rings. The van der Waals surface area contributed by atoms with Gasteiger partial charge in [0.05, 0.1) is 17.5 Å². The van der Waals surface area contributed by atoms with Gasteiger partial charge in [-0.15, -0.1) is 0 Å². The van der Waals surface area contributed by atoms with Crippen molar-refractivity contribution in [3.05, 3.63) is 34.2 Å². The van der Waals surface area contributed by atoms with Crippen molar-refractivity contribution in [2.75, 3.05) is 6.61 Å². The molecule has 4 nitrogen and oxygen atoms in total. The highest BCUT2D eigenvalue weighted by atomic mass is 16.6. The van der Waals surface area contributed by atoms with Gasteiger partial charge in [0.1, 0.15) is 0 Å².